The van der Waals surface area contributed by atoms with Crippen LogP contribution >= 0.6 is 0 Å². The summed E-state index contributed by atoms with van der Waals surface area (Å²) in [7, 11) is 0. The Kier molecular flexibility index (Phi) is 9.85. The van der Waals surface area contributed by atoms with E-state index in [0.717, 1.165) is 27.6 Å². The zero-order chi connectivity index (χ0) is 29.2. The van der Waals surface area contributed by atoms with E-state index in [1.165, 1.54) is 0 Å². The molecule has 0 saturated carbocycles. The Morgan fingerprint density at radius 3 is 1.95 bits per heavy atom. The van der Waals surface area contributed by atoms with Gasteiger partial charge in [-0.25, -0.2) is 4.79 Å². The number of carboxylic acid groups (broad SMARTS) is 1. The highest BCUT2D eigenvalue weighted by Crippen LogP contribution is 2.18. The second-order valence-electron chi connectivity index (χ2n) is 9.79. The number of amides is 3. The number of H-pyrrole nitrogens is 1. The Morgan fingerprint density at radius 1 is 0.732 bits per heavy atom. The van der Waals surface area contributed by atoms with Crippen LogP contribution in [0.15, 0.2) is 91.1 Å². The van der Waals surface area contributed by atoms with E-state index in [1.54, 1.807) is 54.7 Å². The van der Waals surface area contributed by atoms with Gasteiger partial charge < -0.3 is 31.8 Å². The van der Waals surface area contributed by atoms with Crippen LogP contribution in [0.25, 0.3) is 10.9 Å². The van der Waals surface area contributed by atoms with E-state index < -0.39 is 48.4 Å². The standard InChI is InChI=1S/C31H33N5O5/c32-24(17-22-18-33-25-14-8-7-13-23(22)25)29(38)34-19-28(37)35-26(15-20-9-3-1-4-10-20)30(39)36-27(31(40)41)16-21-11-5-2-6-12-21/h1-14,18,24,26-27,33H,15-17,19,32H2,(H,34,38)(H,35,37)(H,36,39)(H,40,41). The van der Waals surface area contributed by atoms with Crippen LogP contribution < -0.4 is 21.7 Å². The molecule has 3 aromatic carbocycles. The third-order valence-corrected chi connectivity index (χ3v) is 6.71. The largest absolute Gasteiger partial charge is 0.480 e. The fourth-order valence-electron chi connectivity index (χ4n) is 4.56. The van der Waals surface area contributed by atoms with E-state index >= 15 is 0 Å². The number of hydrogen-bond donors (Lipinski definition) is 6. The maximum Gasteiger partial charge on any atom is 0.326 e. The second kappa shape index (κ2) is 13.9. The molecule has 4 aromatic rings. The van der Waals surface area contributed by atoms with Crippen molar-refractivity contribution in [3.05, 3.63) is 108 Å². The highest BCUT2D eigenvalue weighted by atomic mass is 16.4. The van der Waals surface area contributed by atoms with Crippen molar-refractivity contribution in [2.75, 3.05) is 6.54 Å². The summed E-state index contributed by atoms with van der Waals surface area (Å²) in [6.45, 7) is -0.397. The molecule has 0 aliphatic rings. The molecular weight excluding hydrogens is 522 g/mol. The third-order valence-electron chi connectivity index (χ3n) is 6.71. The van der Waals surface area contributed by atoms with Crippen LogP contribution in [0.4, 0.5) is 0 Å². The Balaban J connectivity index is 1.36. The number of fused-ring (bicyclic) bond motifs is 1. The lowest BCUT2D eigenvalue weighted by Gasteiger charge is -2.22. The van der Waals surface area contributed by atoms with Gasteiger partial charge in [-0.1, -0.05) is 78.9 Å². The number of nitrogens with one attached hydrogen (secondary N) is 4. The number of nitrogens with two attached hydrogens (primary N) is 1. The average Bonchev–Trinajstić information content (AvgIpc) is 3.38. The lowest BCUT2D eigenvalue weighted by molar-refractivity contribution is -0.142. The molecule has 3 amide bonds. The zero-order valence-corrected chi connectivity index (χ0v) is 22.4. The molecule has 1 aromatic heterocycles. The number of aliphatic carboxylic acids is 1. The molecule has 0 radical (unpaired) electrons. The minimum Gasteiger partial charge on any atom is -0.480 e. The SMILES string of the molecule is NC(Cc1c[nH]c2ccccc12)C(=O)NCC(=O)NC(Cc1ccccc1)C(=O)NC(Cc1ccccc1)C(=O)O. The van der Waals surface area contributed by atoms with Crippen molar-refractivity contribution in [3.8, 4) is 0 Å². The summed E-state index contributed by atoms with van der Waals surface area (Å²) in [5.74, 6) is -2.96. The summed E-state index contributed by atoms with van der Waals surface area (Å²) in [5, 5.41) is 18.4. The first-order valence-electron chi connectivity index (χ1n) is 13.3. The Bertz CT molecular complexity index is 1490. The maximum atomic E-state index is 13.2. The molecule has 0 aliphatic carbocycles. The average molecular weight is 556 g/mol. The topological polar surface area (TPSA) is 166 Å². The van der Waals surface area contributed by atoms with Gasteiger partial charge in [0.2, 0.25) is 17.7 Å². The number of carboxylic acids is 1. The van der Waals surface area contributed by atoms with Crippen molar-refractivity contribution in [1.29, 1.82) is 0 Å². The van der Waals surface area contributed by atoms with Crippen LogP contribution in [0.5, 0.6) is 0 Å². The predicted octanol–water partition coefficient (Wildman–Crippen LogP) is 1.69. The van der Waals surface area contributed by atoms with Gasteiger partial charge in [0.05, 0.1) is 12.6 Å². The molecule has 0 saturated heterocycles. The molecule has 3 unspecified atom stereocenters. The molecule has 7 N–H and O–H groups in total. The van der Waals surface area contributed by atoms with Gasteiger partial charge >= 0.3 is 5.97 Å². The van der Waals surface area contributed by atoms with E-state index in [-0.39, 0.29) is 19.3 Å². The quantitative estimate of drug-likeness (QED) is 0.147. The Morgan fingerprint density at radius 2 is 1.32 bits per heavy atom. The minimum absolute atomic E-state index is 0.0816. The zero-order valence-electron chi connectivity index (χ0n) is 22.4. The smallest absolute Gasteiger partial charge is 0.326 e. The summed E-state index contributed by atoms with van der Waals surface area (Å²) < 4.78 is 0. The molecule has 3 atom stereocenters. The van der Waals surface area contributed by atoms with Gasteiger partial charge in [0, 0.05) is 29.9 Å². The van der Waals surface area contributed by atoms with Crippen molar-refractivity contribution < 1.29 is 24.3 Å². The van der Waals surface area contributed by atoms with Crippen molar-refractivity contribution >= 4 is 34.6 Å². The van der Waals surface area contributed by atoms with Gasteiger partial charge in [-0.15, -0.1) is 0 Å². The van der Waals surface area contributed by atoms with E-state index in [4.69, 9.17) is 5.73 Å². The fourth-order valence-corrected chi connectivity index (χ4v) is 4.56. The lowest BCUT2D eigenvalue weighted by Crippen LogP contribution is -2.55. The van der Waals surface area contributed by atoms with Crippen molar-refractivity contribution in [2.24, 2.45) is 5.73 Å². The second-order valence-corrected chi connectivity index (χ2v) is 9.79. The van der Waals surface area contributed by atoms with E-state index in [2.05, 4.69) is 20.9 Å². The molecule has 10 nitrogen and oxygen atoms in total. The van der Waals surface area contributed by atoms with Crippen LogP contribution in [0.1, 0.15) is 16.7 Å². The molecule has 4 rings (SSSR count). The number of hydrogen-bond acceptors (Lipinski definition) is 5. The van der Waals surface area contributed by atoms with E-state index in [1.807, 2.05) is 36.4 Å². The highest BCUT2D eigenvalue weighted by Gasteiger charge is 2.27. The monoisotopic (exact) mass is 555 g/mol. The molecule has 41 heavy (non-hydrogen) atoms. The van der Waals surface area contributed by atoms with Crippen LogP contribution in [-0.2, 0) is 38.4 Å². The molecule has 0 bridgehead atoms. The van der Waals surface area contributed by atoms with Crippen LogP contribution in [0.3, 0.4) is 0 Å². The highest BCUT2D eigenvalue weighted by molar-refractivity contribution is 5.93. The molecule has 212 valence electrons. The summed E-state index contributed by atoms with van der Waals surface area (Å²) in [6, 6.07) is 22.5. The maximum absolute atomic E-state index is 13.2. The number of benzene rings is 3. The third kappa shape index (κ3) is 8.26. The number of rotatable bonds is 13. The first kappa shape index (κ1) is 29.0. The lowest BCUT2D eigenvalue weighted by atomic mass is 10.0. The first-order chi connectivity index (χ1) is 19.8. The van der Waals surface area contributed by atoms with Crippen molar-refractivity contribution in [2.45, 2.75) is 37.4 Å². The number of para-hydroxylation sites is 1. The number of carbonyl (C=O) groups excluding carboxylic acids is 3. The van der Waals surface area contributed by atoms with E-state index in [9.17, 15) is 24.3 Å². The van der Waals surface area contributed by atoms with Gasteiger partial charge in [0.1, 0.15) is 12.1 Å². The van der Waals surface area contributed by atoms with Crippen molar-refractivity contribution in [1.82, 2.24) is 20.9 Å². The predicted molar refractivity (Wildman–Crippen MR) is 155 cm³/mol. The molecular formula is C31H33N5O5. The summed E-state index contributed by atoms with van der Waals surface area (Å²) in [6.07, 6.45) is 2.29. The van der Waals surface area contributed by atoms with Gasteiger partial charge in [0.25, 0.3) is 0 Å². The van der Waals surface area contributed by atoms with Gasteiger partial charge in [0.15, 0.2) is 0 Å². The number of carbonyl (C=O) groups is 4. The van der Waals surface area contributed by atoms with Gasteiger partial charge in [-0.3, -0.25) is 14.4 Å². The molecule has 0 spiro atoms. The fraction of sp³-hybridized carbons (Fsp3) is 0.226. The van der Waals surface area contributed by atoms with Crippen LogP contribution in [-0.4, -0.2) is 58.5 Å². The molecule has 1 heterocycles. The molecule has 0 aliphatic heterocycles. The molecule has 0 fully saturated rings. The normalized spacial score (nSPS) is 13.1. The summed E-state index contributed by atoms with van der Waals surface area (Å²) in [5.41, 5.74) is 9.44. The van der Waals surface area contributed by atoms with Gasteiger partial charge in [-0.2, -0.15) is 0 Å². The van der Waals surface area contributed by atoms with Crippen molar-refractivity contribution in [3.63, 3.8) is 0 Å². The van der Waals surface area contributed by atoms with Crippen LogP contribution in [0.2, 0.25) is 0 Å². The van der Waals surface area contributed by atoms with Crippen LogP contribution in [0, 0.1) is 0 Å². The van der Waals surface area contributed by atoms with E-state index in [0.29, 0.717) is 0 Å². The number of aromatic nitrogens is 1. The molecule has 10 heteroatoms. The Labute approximate surface area is 237 Å². The first-order valence-corrected chi connectivity index (χ1v) is 13.3. The van der Waals surface area contributed by atoms with Gasteiger partial charge in [-0.05, 0) is 29.2 Å². The Hall–Kier alpha value is -4.96. The minimum atomic E-state index is -1.19. The number of aromatic amines is 1. The summed E-state index contributed by atoms with van der Waals surface area (Å²) in [4.78, 5) is 53.7. The summed E-state index contributed by atoms with van der Waals surface area (Å²) >= 11 is 0.